The Bertz CT molecular complexity index is 1430. The zero-order valence-corrected chi connectivity index (χ0v) is 19.7. The van der Waals surface area contributed by atoms with Gasteiger partial charge in [-0.15, -0.1) is 0 Å². The Balaban J connectivity index is 1.56. The van der Waals surface area contributed by atoms with Crippen molar-refractivity contribution in [2.24, 2.45) is 0 Å². The van der Waals surface area contributed by atoms with Crippen LogP contribution in [0.1, 0.15) is 29.7 Å². The first-order valence-electron chi connectivity index (χ1n) is 11.4. The molecule has 6 nitrogen and oxygen atoms in total. The van der Waals surface area contributed by atoms with Crippen molar-refractivity contribution in [2.75, 3.05) is 5.32 Å². The Kier molecular flexibility index (Phi) is 7.08. The highest BCUT2D eigenvalue weighted by Gasteiger charge is 2.16. The molecule has 6 heteroatoms. The van der Waals surface area contributed by atoms with Crippen molar-refractivity contribution in [2.45, 2.75) is 26.4 Å². The van der Waals surface area contributed by atoms with Crippen LogP contribution in [0, 0.1) is 18.3 Å². The van der Waals surface area contributed by atoms with E-state index >= 15 is 0 Å². The molecular weight excluding hydrogens is 436 g/mol. The van der Waals surface area contributed by atoms with Gasteiger partial charge in [0, 0.05) is 28.4 Å². The minimum atomic E-state index is -0.446. The number of fused-ring (bicyclic) bond motifs is 1. The van der Waals surface area contributed by atoms with E-state index in [1.54, 1.807) is 12.3 Å². The van der Waals surface area contributed by atoms with E-state index in [1.807, 2.05) is 103 Å². The summed E-state index contributed by atoms with van der Waals surface area (Å²) in [6.45, 7) is 3.97. The summed E-state index contributed by atoms with van der Waals surface area (Å²) in [6.07, 6.45) is 3.37. The normalized spacial score (nSPS) is 12.1. The van der Waals surface area contributed by atoms with E-state index in [1.165, 1.54) is 0 Å². The van der Waals surface area contributed by atoms with Crippen LogP contribution in [0.2, 0.25) is 0 Å². The third-order valence-corrected chi connectivity index (χ3v) is 5.78. The summed E-state index contributed by atoms with van der Waals surface area (Å²) in [5.74, 6) is -0.613. The second kappa shape index (κ2) is 10.5. The van der Waals surface area contributed by atoms with Gasteiger partial charge in [0.1, 0.15) is 18.2 Å². The number of carbonyl (C=O) groups is 2. The van der Waals surface area contributed by atoms with Crippen LogP contribution in [0.3, 0.4) is 0 Å². The van der Waals surface area contributed by atoms with E-state index in [4.69, 9.17) is 0 Å². The van der Waals surface area contributed by atoms with Crippen LogP contribution in [0.25, 0.3) is 17.0 Å². The Hall–Kier alpha value is -4.63. The molecule has 4 aromatic rings. The number of carbonyl (C=O) groups excluding carboxylic acids is 2. The molecule has 0 aliphatic rings. The molecule has 0 bridgehead atoms. The number of aryl methyl sites for hydroxylation is 1. The van der Waals surface area contributed by atoms with Crippen LogP contribution in [0.5, 0.6) is 0 Å². The highest BCUT2D eigenvalue weighted by atomic mass is 16.2. The summed E-state index contributed by atoms with van der Waals surface area (Å²) in [5, 5.41) is 16.3. The number of para-hydroxylation sites is 1. The summed E-state index contributed by atoms with van der Waals surface area (Å²) in [5.41, 5.74) is 4.34. The van der Waals surface area contributed by atoms with Crippen molar-refractivity contribution in [3.8, 4) is 6.07 Å². The van der Waals surface area contributed by atoms with Crippen LogP contribution in [-0.4, -0.2) is 16.4 Å². The van der Waals surface area contributed by atoms with Gasteiger partial charge in [0.15, 0.2) is 0 Å². The third-order valence-electron chi connectivity index (χ3n) is 5.78. The van der Waals surface area contributed by atoms with Gasteiger partial charge >= 0.3 is 0 Å². The summed E-state index contributed by atoms with van der Waals surface area (Å²) < 4.78 is 1.82. The van der Waals surface area contributed by atoms with E-state index in [-0.39, 0.29) is 24.1 Å². The van der Waals surface area contributed by atoms with Crippen LogP contribution < -0.4 is 10.6 Å². The first kappa shape index (κ1) is 23.5. The van der Waals surface area contributed by atoms with Crippen LogP contribution in [0.15, 0.2) is 90.6 Å². The lowest BCUT2D eigenvalue weighted by Crippen LogP contribution is -2.27. The van der Waals surface area contributed by atoms with Crippen LogP contribution >= 0.6 is 0 Å². The van der Waals surface area contributed by atoms with Crippen molar-refractivity contribution in [1.82, 2.24) is 9.88 Å². The number of aromatic nitrogens is 1. The summed E-state index contributed by atoms with van der Waals surface area (Å²) in [4.78, 5) is 25.5. The van der Waals surface area contributed by atoms with Crippen molar-refractivity contribution in [3.05, 3.63) is 107 Å². The Morgan fingerprint density at radius 3 is 2.40 bits per heavy atom. The maximum Gasteiger partial charge on any atom is 0.262 e. The van der Waals surface area contributed by atoms with Gasteiger partial charge in [0.2, 0.25) is 5.91 Å². The monoisotopic (exact) mass is 462 g/mol. The molecular formula is C29H26N4O2. The number of amides is 2. The molecule has 2 N–H and O–H groups in total. The fourth-order valence-electron chi connectivity index (χ4n) is 3.92. The molecule has 0 aliphatic carbocycles. The first-order chi connectivity index (χ1) is 16.9. The van der Waals surface area contributed by atoms with Gasteiger partial charge < -0.3 is 15.2 Å². The highest BCUT2D eigenvalue weighted by Crippen LogP contribution is 2.24. The molecule has 0 spiro atoms. The second-order valence-electron chi connectivity index (χ2n) is 8.42. The summed E-state index contributed by atoms with van der Waals surface area (Å²) in [6, 6.07) is 26.6. The molecule has 1 atom stereocenters. The second-order valence-corrected chi connectivity index (χ2v) is 8.42. The van der Waals surface area contributed by atoms with Gasteiger partial charge in [-0.1, -0.05) is 66.2 Å². The van der Waals surface area contributed by atoms with Crippen molar-refractivity contribution >= 4 is 34.5 Å². The van der Waals surface area contributed by atoms with Crippen molar-refractivity contribution < 1.29 is 9.59 Å². The van der Waals surface area contributed by atoms with Crippen molar-refractivity contribution in [3.63, 3.8) is 0 Å². The Labute approximate surface area is 204 Å². The molecule has 0 aliphatic heterocycles. The molecule has 35 heavy (non-hydrogen) atoms. The highest BCUT2D eigenvalue weighted by molar-refractivity contribution is 6.04. The number of nitrogens with zero attached hydrogens (tertiary/aromatic N) is 2. The zero-order chi connectivity index (χ0) is 24.8. The molecule has 2 amide bonds. The number of hydrogen-bond donors (Lipinski definition) is 2. The molecule has 0 radical (unpaired) electrons. The number of rotatable bonds is 7. The van der Waals surface area contributed by atoms with E-state index in [2.05, 4.69) is 10.6 Å². The lowest BCUT2D eigenvalue weighted by molar-refractivity contribution is -0.118. The standard InChI is InChI=1S/C29H26N4O2/c1-20-12-14-25(15-13-20)32-28(34)19-33-18-24(26-10-6-7-11-27(26)33)16-23(17-30)29(35)31-21(2)22-8-4-3-5-9-22/h3-16,18,21H,19H2,1-2H3,(H,31,35)(H,32,34)/b23-16-/t21-/m0/s1. The molecule has 174 valence electrons. The van der Waals surface area contributed by atoms with E-state index in [9.17, 15) is 14.9 Å². The molecule has 1 aromatic heterocycles. The fourth-order valence-corrected chi connectivity index (χ4v) is 3.92. The first-order valence-corrected chi connectivity index (χ1v) is 11.4. The number of nitrogens with one attached hydrogen (secondary N) is 2. The number of nitriles is 1. The number of benzene rings is 3. The number of hydrogen-bond acceptors (Lipinski definition) is 3. The Morgan fingerprint density at radius 1 is 1.00 bits per heavy atom. The smallest absolute Gasteiger partial charge is 0.262 e. The van der Waals surface area contributed by atoms with Gasteiger partial charge in [-0.2, -0.15) is 5.26 Å². The van der Waals surface area contributed by atoms with Gasteiger partial charge in [-0.05, 0) is 43.7 Å². The molecule has 1 heterocycles. The minimum Gasteiger partial charge on any atom is -0.345 e. The van der Waals surface area contributed by atoms with Gasteiger partial charge in [0.25, 0.3) is 5.91 Å². The molecule has 0 saturated heterocycles. The predicted octanol–water partition coefficient (Wildman–Crippen LogP) is 5.37. The van der Waals surface area contributed by atoms with Gasteiger partial charge in [-0.25, -0.2) is 0 Å². The molecule has 0 unspecified atom stereocenters. The fraction of sp³-hybridized carbons (Fsp3) is 0.138. The summed E-state index contributed by atoms with van der Waals surface area (Å²) >= 11 is 0. The van der Waals surface area contributed by atoms with E-state index in [0.29, 0.717) is 5.56 Å². The van der Waals surface area contributed by atoms with E-state index in [0.717, 1.165) is 27.7 Å². The quantitative estimate of drug-likeness (QED) is 0.286. The number of anilines is 1. The third kappa shape index (κ3) is 5.66. The maximum absolute atomic E-state index is 12.8. The van der Waals surface area contributed by atoms with Gasteiger partial charge in [-0.3, -0.25) is 9.59 Å². The zero-order valence-electron chi connectivity index (χ0n) is 19.7. The maximum atomic E-state index is 12.8. The molecule has 3 aromatic carbocycles. The van der Waals surface area contributed by atoms with Crippen LogP contribution in [-0.2, 0) is 16.1 Å². The summed E-state index contributed by atoms with van der Waals surface area (Å²) in [7, 11) is 0. The topological polar surface area (TPSA) is 86.9 Å². The molecule has 0 fully saturated rings. The molecule has 0 saturated carbocycles. The minimum absolute atomic E-state index is 0.000193. The lowest BCUT2D eigenvalue weighted by Gasteiger charge is -2.13. The van der Waals surface area contributed by atoms with E-state index < -0.39 is 5.91 Å². The SMILES string of the molecule is Cc1ccc(NC(=O)Cn2cc(/C=C(/C#N)C(=O)N[C@@H](C)c3ccccc3)c3ccccc32)cc1. The lowest BCUT2D eigenvalue weighted by atomic mass is 10.1. The van der Waals surface area contributed by atoms with Crippen LogP contribution in [0.4, 0.5) is 5.69 Å². The average molecular weight is 463 g/mol. The largest absolute Gasteiger partial charge is 0.345 e. The predicted molar refractivity (Wildman–Crippen MR) is 138 cm³/mol. The molecule has 4 rings (SSSR count). The van der Waals surface area contributed by atoms with Gasteiger partial charge in [0.05, 0.1) is 6.04 Å². The Morgan fingerprint density at radius 2 is 1.69 bits per heavy atom. The van der Waals surface area contributed by atoms with Crippen molar-refractivity contribution in [1.29, 1.82) is 5.26 Å². The average Bonchev–Trinajstić information content (AvgIpc) is 3.21.